The molecule has 0 saturated carbocycles. The third kappa shape index (κ3) is 5.18. The van der Waals surface area contributed by atoms with Crippen molar-refractivity contribution in [3.8, 4) is 0 Å². The largest absolute Gasteiger partial charge is 0.316 e. The summed E-state index contributed by atoms with van der Waals surface area (Å²) in [7, 11) is 1.96. The maximum absolute atomic E-state index is 5.99. The molecule has 3 nitrogen and oxygen atoms in total. The van der Waals surface area contributed by atoms with Crippen LogP contribution in [0, 0.1) is 0 Å². The van der Waals surface area contributed by atoms with E-state index in [1.165, 1.54) is 11.1 Å². The van der Waals surface area contributed by atoms with E-state index in [-0.39, 0.29) is 0 Å². The molecule has 2 rings (SSSR count). The second kappa shape index (κ2) is 8.20. The first-order chi connectivity index (χ1) is 10.2. The number of nitrogens with one attached hydrogen (secondary N) is 1. The molecule has 4 heteroatoms. The Hall–Kier alpha value is -1.32. The molecule has 1 aromatic heterocycles. The number of aromatic nitrogens is 2. The molecule has 0 fully saturated rings. The van der Waals surface area contributed by atoms with E-state index >= 15 is 0 Å². The fourth-order valence-corrected chi connectivity index (χ4v) is 2.64. The van der Waals surface area contributed by atoms with Crippen LogP contribution in [-0.4, -0.2) is 22.9 Å². The smallest absolute Gasteiger partial charge is 0.0521 e. The van der Waals surface area contributed by atoms with Crippen LogP contribution < -0.4 is 5.32 Å². The summed E-state index contributed by atoms with van der Waals surface area (Å²) < 4.78 is 1.86. The predicted molar refractivity (Wildman–Crippen MR) is 88.9 cm³/mol. The second-order valence-electron chi connectivity index (χ2n) is 5.51. The molecule has 1 aromatic carbocycles. The van der Waals surface area contributed by atoms with Gasteiger partial charge in [-0.2, -0.15) is 5.10 Å². The van der Waals surface area contributed by atoms with E-state index in [1.807, 2.05) is 30.1 Å². The van der Waals surface area contributed by atoms with Gasteiger partial charge in [0.25, 0.3) is 0 Å². The van der Waals surface area contributed by atoms with E-state index in [9.17, 15) is 0 Å². The van der Waals surface area contributed by atoms with Crippen LogP contribution in [0.4, 0.5) is 0 Å². The highest BCUT2D eigenvalue weighted by atomic mass is 35.5. The summed E-state index contributed by atoms with van der Waals surface area (Å²) in [6.45, 7) is 4.27. The van der Waals surface area contributed by atoms with Crippen LogP contribution in [0.25, 0.3) is 0 Å². The summed E-state index contributed by atoms with van der Waals surface area (Å²) in [5.74, 6) is 0.508. The lowest BCUT2D eigenvalue weighted by Gasteiger charge is -2.18. The number of nitrogens with zero attached hydrogens (tertiary/aromatic N) is 2. The van der Waals surface area contributed by atoms with Crippen molar-refractivity contribution in [1.82, 2.24) is 15.1 Å². The molecule has 1 unspecified atom stereocenters. The van der Waals surface area contributed by atoms with Gasteiger partial charge >= 0.3 is 0 Å². The first-order valence-electron chi connectivity index (χ1n) is 7.62. The molecule has 21 heavy (non-hydrogen) atoms. The van der Waals surface area contributed by atoms with Gasteiger partial charge in [-0.05, 0) is 55.0 Å². The van der Waals surface area contributed by atoms with E-state index in [0.717, 1.165) is 37.4 Å². The van der Waals surface area contributed by atoms with Crippen LogP contribution in [-0.2, 0) is 13.5 Å². The summed E-state index contributed by atoms with van der Waals surface area (Å²) in [5.41, 5.74) is 2.65. The molecule has 0 radical (unpaired) electrons. The zero-order chi connectivity index (χ0) is 15.1. The van der Waals surface area contributed by atoms with Crippen molar-refractivity contribution in [2.24, 2.45) is 7.05 Å². The number of benzene rings is 1. The van der Waals surface area contributed by atoms with Crippen molar-refractivity contribution in [2.45, 2.75) is 32.1 Å². The Bertz CT molecular complexity index is 533. The number of aryl methyl sites for hydroxylation is 2. The first kappa shape index (κ1) is 16.1. The number of halogens is 1. The molecule has 1 heterocycles. The van der Waals surface area contributed by atoms with Gasteiger partial charge < -0.3 is 5.32 Å². The number of hydrogen-bond donors (Lipinski definition) is 1. The van der Waals surface area contributed by atoms with Crippen molar-refractivity contribution in [3.63, 3.8) is 0 Å². The quantitative estimate of drug-likeness (QED) is 0.752. The van der Waals surface area contributed by atoms with Crippen LogP contribution in [0.5, 0.6) is 0 Å². The molecule has 0 aliphatic heterocycles. The standard InChI is InChI=1S/C17H24ClN3/c1-3-10-19-12-16(15-6-8-17(18)9-7-15)5-4-14-11-20-21(2)13-14/h6-9,11,13,16,19H,3-5,10,12H2,1-2H3. The highest BCUT2D eigenvalue weighted by molar-refractivity contribution is 6.30. The molecule has 0 aliphatic carbocycles. The van der Waals surface area contributed by atoms with E-state index in [4.69, 9.17) is 11.6 Å². The molecular weight excluding hydrogens is 282 g/mol. The van der Waals surface area contributed by atoms with E-state index in [0.29, 0.717) is 5.92 Å². The third-order valence-electron chi connectivity index (χ3n) is 3.70. The third-order valence-corrected chi connectivity index (χ3v) is 3.95. The zero-order valence-corrected chi connectivity index (χ0v) is 13.6. The van der Waals surface area contributed by atoms with Crippen molar-refractivity contribution < 1.29 is 0 Å². The summed E-state index contributed by atoms with van der Waals surface area (Å²) in [5, 5.41) is 8.57. The van der Waals surface area contributed by atoms with Crippen molar-refractivity contribution in [1.29, 1.82) is 0 Å². The van der Waals surface area contributed by atoms with Gasteiger partial charge in [-0.3, -0.25) is 4.68 Å². The highest BCUT2D eigenvalue weighted by Gasteiger charge is 2.12. The number of rotatable bonds is 8. The van der Waals surface area contributed by atoms with Crippen LogP contribution >= 0.6 is 11.6 Å². The molecule has 1 N–H and O–H groups in total. The topological polar surface area (TPSA) is 29.9 Å². The summed E-state index contributed by atoms with van der Waals surface area (Å²) in [6, 6.07) is 8.25. The molecule has 1 atom stereocenters. The maximum atomic E-state index is 5.99. The Morgan fingerprint density at radius 3 is 2.67 bits per heavy atom. The Labute approximate surface area is 132 Å². The van der Waals surface area contributed by atoms with E-state index < -0.39 is 0 Å². The minimum absolute atomic E-state index is 0.508. The SMILES string of the molecule is CCCNCC(CCc1cnn(C)c1)c1ccc(Cl)cc1. The molecule has 0 saturated heterocycles. The minimum Gasteiger partial charge on any atom is -0.316 e. The lowest BCUT2D eigenvalue weighted by Crippen LogP contribution is -2.22. The van der Waals surface area contributed by atoms with E-state index in [2.05, 4.69) is 35.7 Å². The van der Waals surface area contributed by atoms with Gasteiger partial charge in [0.15, 0.2) is 0 Å². The zero-order valence-electron chi connectivity index (χ0n) is 12.8. The molecule has 0 amide bonds. The van der Waals surface area contributed by atoms with E-state index in [1.54, 1.807) is 0 Å². The molecule has 0 aliphatic rings. The lowest BCUT2D eigenvalue weighted by atomic mass is 9.93. The average molecular weight is 306 g/mol. The molecule has 0 spiro atoms. The maximum Gasteiger partial charge on any atom is 0.0521 e. The lowest BCUT2D eigenvalue weighted by molar-refractivity contribution is 0.548. The van der Waals surface area contributed by atoms with Gasteiger partial charge in [0, 0.05) is 24.8 Å². The van der Waals surface area contributed by atoms with Crippen molar-refractivity contribution in [3.05, 3.63) is 52.8 Å². The van der Waals surface area contributed by atoms with Gasteiger partial charge in [0.05, 0.1) is 6.20 Å². The fraction of sp³-hybridized carbons (Fsp3) is 0.471. The van der Waals surface area contributed by atoms with Gasteiger partial charge in [-0.15, -0.1) is 0 Å². The van der Waals surface area contributed by atoms with Gasteiger partial charge in [-0.1, -0.05) is 30.7 Å². The van der Waals surface area contributed by atoms with Crippen LogP contribution in [0.1, 0.15) is 36.8 Å². The van der Waals surface area contributed by atoms with Gasteiger partial charge in [-0.25, -0.2) is 0 Å². The summed E-state index contributed by atoms with van der Waals surface area (Å²) in [6.07, 6.45) is 7.38. The molecule has 114 valence electrons. The Morgan fingerprint density at radius 2 is 2.05 bits per heavy atom. The molecular formula is C17H24ClN3. The predicted octanol–water partition coefficient (Wildman–Crippen LogP) is 3.79. The van der Waals surface area contributed by atoms with Crippen LogP contribution in [0.2, 0.25) is 5.02 Å². The van der Waals surface area contributed by atoms with Gasteiger partial charge in [0.2, 0.25) is 0 Å². The first-order valence-corrected chi connectivity index (χ1v) is 8.00. The van der Waals surface area contributed by atoms with Crippen molar-refractivity contribution >= 4 is 11.6 Å². The van der Waals surface area contributed by atoms with Crippen LogP contribution in [0.3, 0.4) is 0 Å². The van der Waals surface area contributed by atoms with Gasteiger partial charge in [0.1, 0.15) is 0 Å². The summed E-state index contributed by atoms with van der Waals surface area (Å²) >= 11 is 5.99. The Balaban J connectivity index is 1.99. The summed E-state index contributed by atoms with van der Waals surface area (Å²) in [4.78, 5) is 0. The highest BCUT2D eigenvalue weighted by Crippen LogP contribution is 2.23. The second-order valence-corrected chi connectivity index (χ2v) is 5.95. The monoisotopic (exact) mass is 305 g/mol. The average Bonchev–Trinajstić information content (AvgIpc) is 2.89. The van der Waals surface area contributed by atoms with Crippen molar-refractivity contribution in [2.75, 3.05) is 13.1 Å². The Kier molecular flexibility index (Phi) is 6.27. The van der Waals surface area contributed by atoms with Crippen LogP contribution in [0.15, 0.2) is 36.7 Å². The fourth-order valence-electron chi connectivity index (χ4n) is 2.52. The normalized spacial score (nSPS) is 12.5. The molecule has 2 aromatic rings. The molecule has 0 bridgehead atoms. The number of hydrogen-bond acceptors (Lipinski definition) is 2. The minimum atomic E-state index is 0.508. The Morgan fingerprint density at radius 1 is 1.29 bits per heavy atom.